The fraction of sp³-hybridized carbons (Fsp3) is 0.250. The third-order valence-electron chi connectivity index (χ3n) is 5.05. The van der Waals surface area contributed by atoms with Crippen LogP contribution in [0.5, 0.6) is 23.0 Å². The van der Waals surface area contributed by atoms with Gasteiger partial charge in [0.1, 0.15) is 12.4 Å². The van der Waals surface area contributed by atoms with Gasteiger partial charge in [0.05, 0.1) is 25.5 Å². The van der Waals surface area contributed by atoms with E-state index in [-0.39, 0.29) is 25.3 Å². The van der Waals surface area contributed by atoms with Gasteiger partial charge in [0, 0.05) is 17.7 Å². The number of fused-ring (bicyclic) bond motifs is 2. The first kappa shape index (κ1) is 15.9. The summed E-state index contributed by atoms with van der Waals surface area (Å²) in [7, 11) is 3.20. The van der Waals surface area contributed by atoms with Gasteiger partial charge in [-0.1, -0.05) is 6.07 Å². The van der Waals surface area contributed by atoms with Crippen molar-refractivity contribution in [3.05, 3.63) is 52.7 Å². The molecule has 0 spiro atoms. The van der Waals surface area contributed by atoms with Crippen molar-refractivity contribution in [2.24, 2.45) is 0 Å². The Kier molecular flexibility index (Phi) is 3.43. The van der Waals surface area contributed by atoms with Crippen LogP contribution in [0.2, 0.25) is 0 Å². The highest BCUT2D eigenvalue weighted by atomic mass is 16.7. The molecule has 5 rings (SSSR count). The number of cyclic esters (lactones) is 1. The van der Waals surface area contributed by atoms with Crippen LogP contribution in [0.25, 0.3) is 0 Å². The number of anilines is 1. The van der Waals surface area contributed by atoms with Crippen molar-refractivity contribution in [2.75, 3.05) is 32.9 Å². The number of esters is 1. The van der Waals surface area contributed by atoms with Gasteiger partial charge in [-0.05, 0) is 29.3 Å². The molecular weight excluding hydrogens is 350 g/mol. The van der Waals surface area contributed by atoms with E-state index in [0.29, 0.717) is 22.8 Å². The molecule has 1 atom stereocenters. The number of nitrogens with one attached hydrogen (secondary N) is 1. The topological polar surface area (TPSA) is 75.3 Å². The molecule has 27 heavy (non-hydrogen) atoms. The highest BCUT2D eigenvalue weighted by molar-refractivity contribution is 5.97. The maximum Gasteiger partial charge on any atom is 0.337 e. The largest absolute Gasteiger partial charge is 0.497 e. The summed E-state index contributed by atoms with van der Waals surface area (Å²) in [5, 5.41) is 3.31. The summed E-state index contributed by atoms with van der Waals surface area (Å²) in [6, 6.07) is 9.53. The zero-order chi connectivity index (χ0) is 18.5. The summed E-state index contributed by atoms with van der Waals surface area (Å²) in [4.78, 5) is 12.5. The van der Waals surface area contributed by atoms with Gasteiger partial charge in [0.25, 0.3) is 0 Å². The van der Waals surface area contributed by atoms with Gasteiger partial charge in [-0.3, -0.25) is 0 Å². The highest BCUT2D eigenvalue weighted by Gasteiger charge is 2.39. The van der Waals surface area contributed by atoms with Crippen molar-refractivity contribution in [1.29, 1.82) is 0 Å². The number of benzene rings is 2. The molecule has 3 aliphatic rings. The molecule has 0 saturated heterocycles. The molecule has 0 saturated carbocycles. The van der Waals surface area contributed by atoms with E-state index in [9.17, 15) is 4.79 Å². The van der Waals surface area contributed by atoms with Crippen LogP contribution in [0.3, 0.4) is 0 Å². The van der Waals surface area contributed by atoms with Crippen LogP contribution in [-0.2, 0) is 9.53 Å². The standard InChI is InChI=1S/C20H17NO6/c1-23-11-3-4-12-13(7-11)21-14-8-25-20(22)18(14)17(12)10-5-15(24-2)19-16(6-10)26-9-27-19/h3-7,17,21H,8-9H2,1-2H3. The Labute approximate surface area is 155 Å². The first-order valence-electron chi connectivity index (χ1n) is 8.52. The summed E-state index contributed by atoms with van der Waals surface area (Å²) in [6.45, 7) is 0.369. The summed E-state index contributed by atoms with van der Waals surface area (Å²) in [5.41, 5.74) is 4.08. The molecule has 3 aliphatic heterocycles. The Morgan fingerprint density at radius 2 is 1.96 bits per heavy atom. The average Bonchev–Trinajstić information content (AvgIpc) is 3.31. The molecule has 0 radical (unpaired) electrons. The average molecular weight is 367 g/mol. The lowest BCUT2D eigenvalue weighted by atomic mass is 9.81. The van der Waals surface area contributed by atoms with Gasteiger partial charge in [-0.25, -0.2) is 4.79 Å². The smallest absolute Gasteiger partial charge is 0.337 e. The van der Waals surface area contributed by atoms with E-state index in [4.69, 9.17) is 23.7 Å². The van der Waals surface area contributed by atoms with Crippen molar-refractivity contribution in [1.82, 2.24) is 0 Å². The first-order chi connectivity index (χ1) is 13.2. The van der Waals surface area contributed by atoms with Gasteiger partial charge < -0.3 is 29.0 Å². The van der Waals surface area contributed by atoms with Crippen LogP contribution >= 0.6 is 0 Å². The molecule has 0 fully saturated rings. The summed E-state index contributed by atoms with van der Waals surface area (Å²) >= 11 is 0. The van der Waals surface area contributed by atoms with Crippen LogP contribution in [-0.4, -0.2) is 33.6 Å². The fourth-order valence-corrected chi connectivity index (χ4v) is 3.82. The first-order valence-corrected chi connectivity index (χ1v) is 8.52. The van der Waals surface area contributed by atoms with E-state index in [1.165, 1.54) is 0 Å². The van der Waals surface area contributed by atoms with Crippen molar-refractivity contribution < 1.29 is 28.5 Å². The van der Waals surface area contributed by atoms with Gasteiger partial charge in [0.15, 0.2) is 11.5 Å². The molecule has 0 aliphatic carbocycles. The maximum absolute atomic E-state index is 12.5. The second-order valence-electron chi connectivity index (χ2n) is 6.44. The normalized spacial score (nSPS) is 19.2. The lowest BCUT2D eigenvalue weighted by Gasteiger charge is -2.28. The molecule has 138 valence electrons. The van der Waals surface area contributed by atoms with E-state index < -0.39 is 0 Å². The Balaban J connectivity index is 1.72. The molecule has 0 amide bonds. The van der Waals surface area contributed by atoms with Crippen LogP contribution in [0.15, 0.2) is 41.6 Å². The third-order valence-corrected chi connectivity index (χ3v) is 5.05. The molecule has 0 bridgehead atoms. The number of methoxy groups -OCH3 is 2. The second kappa shape index (κ2) is 5.84. The van der Waals surface area contributed by atoms with E-state index >= 15 is 0 Å². The Hall–Kier alpha value is -3.35. The van der Waals surface area contributed by atoms with Gasteiger partial charge in [-0.2, -0.15) is 0 Å². The Morgan fingerprint density at radius 3 is 2.78 bits per heavy atom. The zero-order valence-corrected chi connectivity index (χ0v) is 14.8. The summed E-state index contributed by atoms with van der Waals surface area (Å²) in [6.07, 6.45) is 0. The maximum atomic E-state index is 12.5. The quantitative estimate of drug-likeness (QED) is 0.836. The lowest BCUT2D eigenvalue weighted by molar-refractivity contribution is -0.136. The second-order valence-corrected chi connectivity index (χ2v) is 6.44. The van der Waals surface area contributed by atoms with Crippen LogP contribution in [0, 0.1) is 0 Å². The molecule has 2 aromatic carbocycles. The number of carbonyl (C=O) groups excluding carboxylic acids is 1. The molecule has 1 N–H and O–H groups in total. The third kappa shape index (κ3) is 2.31. The number of carbonyl (C=O) groups is 1. The number of rotatable bonds is 3. The minimum absolute atomic E-state index is 0.144. The Morgan fingerprint density at radius 1 is 1.07 bits per heavy atom. The van der Waals surface area contributed by atoms with Crippen molar-refractivity contribution >= 4 is 11.7 Å². The number of ether oxygens (including phenoxy) is 5. The van der Waals surface area contributed by atoms with Gasteiger partial charge in [-0.15, -0.1) is 0 Å². The van der Waals surface area contributed by atoms with Crippen LogP contribution < -0.4 is 24.3 Å². The predicted octanol–water partition coefficient (Wildman–Crippen LogP) is 2.80. The summed E-state index contributed by atoms with van der Waals surface area (Å²) in [5.74, 6) is 1.86. The van der Waals surface area contributed by atoms with E-state index in [0.717, 1.165) is 28.3 Å². The minimum atomic E-state index is -0.319. The molecule has 2 aromatic rings. The lowest BCUT2D eigenvalue weighted by Crippen LogP contribution is -2.20. The van der Waals surface area contributed by atoms with E-state index in [1.807, 2.05) is 30.3 Å². The zero-order valence-electron chi connectivity index (χ0n) is 14.8. The minimum Gasteiger partial charge on any atom is -0.497 e. The van der Waals surface area contributed by atoms with Crippen LogP contribution in [0.1, 0.15) is 17.0 Å². The molecule has 0 aromatic heterocycles. The highest BCUT2D eigenvalue weighted by Crippen LogP contribution is 2.49. The predicted molar refractivity (Wildman–Crippen MR) is 95.6 cm³/mol. The fourth-order valence-electron chi connectivity index (χ4n) is 3.82. The SMILES string of the molecule is COc1ccc2c(c1)NC1=C(C(=O)OC1)C2c1cc(OC)c2c(c1)OCO2. The molecular formula is C20H17NO6. The van der Waals surface area contributed by atoms with Gasteiger partial charge >= 0.3 is 5.97 Å². The number of hydrogen-bond acceptors (Lipinski definition) is 7. The van der Waals surface area contributed by atoms with E-state index in [2.05, 4.69) is 5.32 Å². The molecule has 7 nitrogen and oxygen atoms in total. The summed E-state index contributed by atoms with van der Waals surface area (Å²) < 4.78 is 27.2. The molecule has 7 heteroatoms. The monoisotopic (exact) mass is 367 g/mol. The number of hydrogen-bond donors (Lipinski definition) is 1. The van der Waals surface area contributed by atoms with Gasteiger partial charge in [0.2, 0.25) is 12.5 Å². The van der Waals surface area contributed by atoms with Crippen molar-refractivity contribution in [3.8, 4) is 23.0 Å². The van der Waals surface area contributed by atoms with Crippen LogP contribution in [0.4, 0.5) is 5.69 Å². The van der Waals surface area contributed by atoms with Crippen molar-refractivity contribution in [2.45, 2.75) is 5.92 Å². The van der Waals surface area contributed by atoms with Crippen molar-refractivity contribution in [3.63, 3.8) is 0 Å². The van der Waals surface area contributed by atoms with E-state index in [1.54, 1.807) is 14.2 Å². The molecule has 3 heterocycles. The Bertz CT molecular complexity index is 996. The molecule has 1 unspecified atom stereocenters.